The highest BCUT2D eigenvalue weighted by molar-refractivity contribution is 14.1. The quantitative estimate of drug-likeness (QED) is 0.327. The molecule has 3 heteroatoms. The van der Waals surface area contributed by atoms with Gasteiger partial charge in [-0.25, -0.2) is 0 Å². The molecule has 0 heterocycles. The van der Waals surface area contributed by atoms with Gasteiger partial charge in [-0.1, -0.05) is 27.7 Å². The van der Waals surface area contributed by atoms with E-state index in [4.69, 9.17) is 4.84 Å². The van der Waals surface area contributed by atoms with Gasteiger partial charge in [0.2, 0.25) is 0 Å². The Morgan fingerprint density at radius 3 is 2.70 bits per heavy atom. The number of oxime groups is 1. The van der Waals surface area contributed by atoms with E-state index in [0.717, 1.165) is 23.9 Å². The first-order chi connectivity index (χ1) is 4.93. The molecule has 0 amide bonds. The largest absolute Gasteiger partial charge is 0.395 e. The average Bonchev–Trinajstić information content (AvgIpc) is 2.41. The number of hydrogen-bond donors (Lipinski definition) is 0. The second kappa shape index (κ2) is 4.93. The molecule has 10 heavy (non-hydrogen) atoms. The van der Waals surface area contributed by atoms with Gasteiger partial charge in [0.15, 0.2) is 0 Å². The molecule has 2 nitrogen and oxygen atoms in total. The summed E-state index contributed by atoms with van der Waals surface area (Å²) in [6, 6.07) is 0. The van der Waals surface area contributed by atoms with E-state index in [2.05, 4.69) is 27.7 Å². The summed E-state index contributed by atoms with van der Waals surface area (Å²) in [6.45, 7) is 0.754. The fraction of sp³-hybridized carbons (Fsp3) is 0.857. The third-order valence-corrected chi connectivity index (χ3v) is 1.98. The first kappa shape index (κ1) is 8.30. The maximum atomic E-state index is 5.05. The van der Waals surface area contributed by atoms with E-state index in [1.807, 2.05) is 0 Å². The van der Waals surface area contributed by atoms with Crippen molar-refractivity contribution in [3.8, 4) is 0 Å². The summed E-state index contributed by atoms with van der Waals surface area (Å²) < 4.78 is 1.02. The third kappa shape index (κ3) is 2.86. The van der Waals surface area contributed by atoms with Gasteiger partial charge in [0.05, 0.1) is 5.71 Å². The van der Waals surface area contributed by atoms with Crippen molar-refractivity contribution in [2.24, 2.45) is 5.16 Å². The van der Waals surface area contributed by atoms with Crippen LogP contribution in [0.4, 0.5) is 0 Å². The zero-order valence-electron chi connectivity index (χ0n) is 5.98. The summed E-state index contributed by atoms with van der Waals surface area (Å²) in [5.41, 5.74) is 1.25. The monoisotopic (exact) mass is 253 g/mol. The van der Waals surface area contributed by atoms with Crippen molar-refractivity contribution in [2.75, 3.05) is 11.0 Å². The number of alkyl halides is 1. The minimum Gasteiger partial charge on any atom is -0.395 e. The molecule has 1 rings (SSSR count). The lowest BCUT2D eigenvalue weighted by Gasteiger charge is -1.95. The van der Waals surface area contributed by atoms with Crippen molar-refractivity contribution in [2.45, 2.75) is 25.7 Å². The maximum absolute atomic E-state index is 5.05. The zero-order valence-corrected chi connectivity index (χ0v) is 8.13. The molecule has 0 spiro atoms. The van der Waals surface area contributed by atoms with E-state index in [-0.39, 0.29) is 0 Å². The van der Waals surface area contributed by atoms with Crippen molar-refractivity contribution in [1.82, 2.24) is 0 Å². The van der Waals surface area contributed by atoms with Gasteiger partial charge in [0.1, 0.15) is 6.61 Å². The predicted molar refractivity (Wildman–Crippen MR) is 50.7 cm³/mol. The van der Waals surface area contributed by atoms with Crippen LogP contribution in [-0.4, -0.2) is 16.7 Å². The zero-order chi connectivity index (χ0) is 7.23. The van der Waals surface area contributed by atoms with Crippen molar-refractivity contribution < 1.29 is 4.84 Å². The highest BCUT2D eigenvalue weighted by atomic mass is 127. The summed E-state index contributed by atoms with van der Waals surface area (Å²) in [5.74, 6) is 0. The minimum absolute atomic E-state index is 0.754. The van der Waals surface area contributed by atoms with Gasteiger partial charge in [0, 0.05) is 4.43 Å². The van der Waals surface area contributed by atoms with Crippen LogP contribution in [0.15, 0.2) is 5.16 Å². The topological polar surface area (TPSA) is 21.6 Å². The van der Waals surface area contributed by atoms with Gasteiger partial charge in [0.25, 0.3) is 0 Å². The Balaban J connectivity index is 2.12. The molecule has 58 valence electrons. The molecule has 0 aliphatic heterocycles. The Bertz CT molecular complexity index is 117. The van der Waals surface area contributed by atoms with E-state index in [0.29, 0.717) is 0 Å². The first-order valence-electron chi connectivity index (χ1n) is 3.67. The SMILES string of the molecule is ICCON=C1CCCC1. The number of rotatable bonds is 3. The maximum Gasteiger partial charge on any atom is 0.126 e. The number of halogens is 1. The fourth-order valence-corrected chi connectivity index (χ4v) is 1.24. The molecule has 1 saturated carbocycles. The van der Waals surface area contributed by atoms with Gasteiger partial charge in [-0.15, -0.1) is 0 Å². The predicted octanol–water partition coefficient (Wildman–Crippen LogP) is 2.37. The number of nitrogens with zero attached hydrogens (tertiary/aromatic N) is 1. The Kier molecular flexibility index (Phi) is 4.09. The van der Waals surface area contributed by atoms with Crippen LogP contribution in [0.1, 0.15) is 25.7 Å². The first-order valence-corrected chi connectivity index (χ1v) is 5.19. The molecule has 0 saturated heterocycles. The van der Waals surface area contributed by atoms with Gasteiger partial charge >= 0.3 is 0 Å². The molecule has 1 aliphatic rings. The smallest absolute Gasteiger partial charge is 0.126 e. The lowest BCUT2D eigenvalue weighted by atomic mass is 10.3. The van der Waals surface area contributed by atoms with E-state index >= 15 is 0 Å². The molecule has 1 fully saturated rings. The molecule has 0 N–H and O–H groups in total. The van der Waals surface area contributed by atoms with Crippen LogP contribution < -0.4 is 0 Å². The van der Waals surface area contributed by atoms with Gasteiger partial charge in [-0.2, -0.15) is 0 Å². The number of hydrogen-bond acceptors (Lipinski definition) is 2. The molecule has 0 aromatic rings. The van der Waals surface area contributed by atoms with E-state index in [1.54, 1.807) is 0 Å². The fourth-order valence-electron chi connectivity index (χ4n) is 1.05. The van der Waals surface area contributed by atoms with Crippen molar-refractivity contribution >= 4 is 28.3 Å². The molecule has 0 unspecified atom stereocenters. The van der Waals surface area contributed by atoms with Gasteiger partial charge < -0.3 is 4.84 Å². The summed E-state index contributed by atoms with van der Waals surface area (Å²) >= 11 is 2.28. The standard InChI is InChI=1S/C7H12INO/c8-5-6-10-9-7-3-1-2-4-7/h1-6H2. The molecule has 0 radical (unpaired) electrons. The summed E-state index contributed by atoms with van der Waals surface area (Å²) in [6.07, 6.45) is 4.90. The Morgan fingerprint density at radius 2 is 2.10 bits per heavy atom. The van der Waals surface area contributed by atoms with Crippen molar-refractivity contribution in [3.05, 3.63) is 0 Å². The summed E-state index contributed by atoms with van der Waals surface area (Å²) in [5, 5.41) is 4.02. The molecule has 0 aromatic heterocycles. The van der Waals surface area contributed by atoms with E-state index in [9.17, 15) is 0 Å². The molecule has 0 bridgehead atoms. The molecule has 0 atom stereocenters. The highest BCUT2D eigenvalue weighted by Crippen LogP contribution is 2.14. The van der Waals surface area contributed by atoms with Crippen LogP contribution >= 0.6 is 22.6 Å². The van der Waals surface area contributed by atoms with Crippen molar-refractivity contribution in [3.63, 3.8) is 0 Å². The van der Waals surface area contributed by atoms with Crippen LogP contribution in [0, 0.1) is 0 Å². The Labute approximate surface area is 75.1 Å². The Morgan fingerprint density at radius 1 is 1.40 bits per heavy atom. The van der Waals surface area contributed by atoms with Crippen LogP contribution in [0.5, 0.6) is 0 Å². The molecule has 0 aromatic carbocycles. The minimum atomic E-state index is 0.754. The van der Waals surface area contributed by atoms with Crippen LogP contribution in [0.3, 0.4) is 0 Å². The van der Waals surface area contributed by atoms with Crippen LogP contribution in [-0.2, 0) is 4.84 Å². The molecule has 1 aliphatic carbocycles. The van der Waals surface area contributed by atoms with Crippen molar-refractivity contribution in [1.29, 1.82) is 0 Å². The third-order valence-electron chi connectivity index (χ3n) is 1.54. The second-order valence-corrected chi connectivity index (χ2v) is 3.47. The normalized spacial score (nSPS) is 17.5. The van der Waals surface area contributed by atoms with Gasteiger partial charge in [-0.3, -0.25) is 0 Å². The lowest BCUT2D eigenvalue weighted by molar-refractivity contribution is 0.162. The summed E-state index contributed by atoms with van der Waals surface area (Å²) in [4.78, 5) is 5.05. The Hall–Kier alpha value is 0.200. The molecular weight excluding hydrogens is 241 g/mol. The highest BCUT2D eigenvalue weighted by Gasteiger charge is 2.07. The average molecular weight is 253 g/mol. The van der Waals surface area contributed by atoms with E-state index < -0.39 is 0 Å². The molecular formula is C7H12INO. The van der Waals surface area contributed by atoms with Gasteiger partial charge in [-0.05, 0) is 25.7 Å². The van der Waals surface area contributed by atoms with Crippen LogP contribution in [0.25, 0.3) is 0 Å². The summed E-state index contributed by atoms with van der Waals surface area (Å²) in [7, 11) is 0. The second-order valence-electron chi connectivity index (χ2n) is 2.39. The lowest BCUT2D eigenvalue weighted by Crippen LogP contribution is -1.93. The van der Waals surface area contributed by atoms with E-state index in [1.165, 1.54) is 18.6 Å². The van der Waals surface area contributed by atoms with Crippen LogP contribution in [0.2, 0.25) is 0 Å².